The van der Waals surface area contributed by atoms with E-state index in [4.69, 9.17) is 11.6 Å². The summed E-state index contributed by atoms with van der Waals surface area (Å²) in [4.78, 5) is 13.3. The van der Waals surface area contributed by atoms with Crippen LogP contribution in [-0.2, 0) is 25.8 Å². The molecule has 1 aliphatic carbocycles. The van der Waals surface area contributed by atoms with Crippen LogP contribution in [0.5, 0.6) is 0 Å². The molecule has 0 spiro atoms. The number of carbonyl (C=O) groups is 1. The third-order valence-corrected chi connectivity index (χ3v) is 8.42. The Morgan fingerprint density at radius 2 is 1.73 bits per heavy atom. The maximum Gasteiger partial charge on any atom is 0.524 e. The summed E-state index contributed by atoms with van der Waals surface area (Å²) in [6.45, 7) is 5.38. The molecule has 0 aliphatic heterocycles. The monoisotopic (exact) mass is 557 g/mol. The Balaban J connectivity index is 1.90. The van der Waals surface area contributed by atoms with Crippen LogP contribution in [-0.4, -0.2) is 37.0 Å². The van der Waals surface area contributed by atoms with Crippen LogP contribution in [0.1, 0.15) is 51.2 Å². The van der Waals surface area contributed by atoms with E-state index in [1.807, 2.05) is 13.8 Å². The Kier molecular flexibility index (Phi) is 8.82. The van der Waals surface area contributed by atoms with Crippen LogP contribution in [0.2, 0.25) is 0 Å². The van der Waals surface area contributed by atoms with Gasteiger partial charge in [0.05, 0.1) is 17.1 Å². The third kappa shape index (κ3) is 7.58. The molecule has 1 amide bonds. The molecule has 3 rings (SSSR count). The van der Waals surface area contributed by atoms with Gasteiger partial charge < -0.3 is 5.32 Å². The van der Waals surface area contributed by atoms with Crippen molar-refractivity contribution in [2.75, 3.05) is 5.75 Å². The molecule has 2 atom stereocenters. The maximum atomic E-state index is 13.5. The number of carbonyl (C=O) groups excluding carboxylic acids is 1. The van der Waals surface area contributed by atoms with E-state index in [-0.39, 0.29) is 41.4 Å². The topological polar surface area (TPSA) is 72.5 Å². The van der Waals surface area contributed by atoms with Crippen LogP contribution in [0.15, 0.2) is 65.6 Å². The molecule has 0 aromatic heterocycles. The zero-order chi connectivity index (χ0) is 27.5. The molecular weight excluding hydrogens is 527 g/mol. The van der Waals surface area contributed by atoms with Crippen LogP contribution in [0.4, 0.5) is 13.2 Å². The van der Waals surface area contributed by atoms with E-state index in [2.05, 4.69) is 10.1 Å². The Hall–Kier alpha value is -2.36. The molecular formula is C27H31ClF3NO4S. The van der Waals surface area contributed by atoms with E-state index < -0.39 is 32.7 Å². The number of halogens is 4. The van der Waals surface area contributed by atoms with Crippen molar-refractivity contribution in [3.8, 4) is 0 Å². The summed E-state index contributed by atoms with van der Waals surface area (Å²) in [5.41, 5.74) is 0.205. The van der Waals surface area contributed by atoms with Gasteiger partial charge in [-0.25, -0.2) is 8.42 Å². The van der Waals surface area contributed by atoms with Gasteiger partial charge in [0.2, 0.25) is 5.91 Å². The first-order valence-electron chi connectivity index (χ1n) is 12.0. The van der Waals surface area contributed by atoms with Gasteiger partial charge in [-0.15, -0.1) is 13.2 Å². The van der Waals surface area contributed by atoms with Crippen LogP contribution in [0.25, 0.3) is 5.57 Å². The summed E-state index contributed by atoms with van der Waals surface area (Å²) in [5, 5.41) is 0.708. The Labute approximate surface area is 221 Å². The Bertz CT molecular complexity index is 1230. The molecule has 0 fully saturated rings. The summed E-state index contributed by atoms with van der Waals surface area (Å²) in [7, 11) is -3.37. The average molecular weight is 558 g/mol. The zero-order valence-corrected chi connectivity index (χ0v) is 22.5. The van der Waals surface area contributed by atoms with E-state index in [1.54, 1.807) is 55.5 Å². The summed E-state index contributed by atoms with van der Waals surface area (Å²) in [5.74, 6) is -0.407. The molecule has 0 bridgehead atoms. The van der Waals surface area contributed by atoms with Crippen molar-refractivity contribution in [1.29, 1.82) is 0 Å². The molecule has 0 saturated carbocycles. The van der Waals surface area contributed by atoms with Crippen molar-refractivity contribution in [2.24, 2.45) is 5.92 Å². The van der Waals surface area contributed by atoms with Gasteiger partial charge in [0.15, 0.2) is 14.9 Å². The number of benzene rings is 2. The number of nitrogens with one attached hydrogen (secondary N) is 1. The maximum absolute atomic E-state index is 13.5. The lowest BCUT2D eigenvalue weighted by Gasteiger charge is -2.46. The summed E-state index contributed by atoms with van der Waals surface area (Å²) in [6, 6.07) is 14.5. The van der Waals surface area contributed by atoms with E-state index in [1.165, 1.54) is 12.1 Å². The lowest BCUT2D eigenvalue weighted by molar-refractivity contribution is -0.345. The zero-order valence-electron chi connectivity index (χ0n) is 20.9. The fraction of sp³-hybridized carbons (Fsp3) is 0.444. The molecule has 10 heteroatoms. The normalized spacial score (nSPS) is 22.5. The molecule has 0 radical (unpaired) electrons. The van der Waals surface area contributed by atoms with Gasteiger partial charge in [-0.2, -0.15) is 0 Å². The number of ether oxygens (including phenoxy) is 1. The molecule has 5 nitrogen and oxygen atoms in total. The number of alkyl halides is 4. The predicted octanol–water partition coefficient (Wildman–Crippen LogP) is 6.27. The first kappa shape index (κ1) is 29.2. The van der Waals surface area contributed by atoms with Crippen molar-refractivity contribution in [3.05, 3.63) is 71.8 Å². The van der Waals surface area contributed by atoms with Crippen LogP contribution in [0.3, 0.4) is 0 Å². The predicted molar refractivity (Wildman–Crippen MR) is 138 cm³/mol. The van der Waals surface area contributed by atoms with Gasteiger partial charge in [0.25, 0.3) is 0 Å². The molecule has 202 valence electrons. The van der Waals surface area contributed by atoms with Gasteiger partial charge in [0.1, 0.15) is 0 Å². The van der Waals surface area contributed by atoms with Crippen molar-refractivity contribution < 1.29 is 31.1 Å². The number of amides is 1. The van der Waals surface area contributed by atoms with Crippen molar-refractivity contribution in [2.45, 2.75) is 68.3 Å². The standard InChI is InChI=1S/C27H31ClF3NO4S/c1-4-37(34,35)22-12-10-20(11-13-22)16-24(33)32-25(17-19(2)3)15-14-23(21-8-6-5-7-9-21)26(28,18-25)36-27(29,30)31/h5-14,19H,4,15-18H2,1-3H3,(H,32,33). The fourth-order valence-corrected chi connectivity index (χ4v) is 6.28. The fourth-order valence-electron chi connectivity index (χ4n) is 4.87. The molecule has 2 aromatic rings. The summed E-state index contributed by atoms with van der Waals surface area (Å²) in [6.07, 6.45) is -3.10. The van der Waals surface area contributed by atoms with Gasteiger partial charge >= 0.3 is 6.36 Å². The van der Waals surface area contributed by atoms with Gasteiger partial charge in [-0.3, -0.25) is 9.53 Å². The van der Waals surface area contributed by atoms with Crippen LogP contribution < -0.4 is 5.32 Å². The number of sulfone groups is 1. The summed E-state index contributed by atoms with van der Waals surface area (Å²) >= 11 is 6.63. The molecule has 1 aliphatic rings. The minimum Gasteiger partial charge on any atom is -0.350 e. The van der Waals surface area contributed by atoms with E-state index >= 15 is 0 Å². The minimum absolute atomic E-state index is 0.0385. The second-order valence-corrected chi connectivity index (χ2v) is 12.7. The summed E-state index contributed by atoms with van der Waals surface area (Å²) < 4.78 is 69.1. The molecule has 2 unspecified atom stereocenters. The second kappa shape index (κ2) is 11.2. The van der Waals surface area contributed by atoms with E-state index in [0.717, 1.165) is 0 Å². The first-order valence-corrected chi connectivity index (χ1v) is 14.0. The van der Waals surface area contributed by atoms with Crippen LogP contribution >= 0.6 is 11.6 Å². The van der Waals surface area contributed by atoms with Gasteiger partial charge in [-0.1, -0.05) is 80.9 Å². The van der Waals surface area contributed by atoms with E-state index in [0.29, 0.717) is 17.5 Å². The molecule has 0 saturated heterocycles. The number of hydrogen-bond donors (Lipinski definition) is 1. The van der Waals surface area contributed by atoms with Gasteiger partial charge in [0, 0.05) is 17.5 Å². The highest BCUT2D eigenvalue weighted by atomic mass is 35.5. The van der Waals surface area contributed by atoms with Gasteiger partial charge in [-0.05, 0) is 42.0 Å². The molecule has 0 heterocycles. The van der Waals surface area contributed by atoms with Crippen molar-refractivity contribution >= 4 is 32.9 Å². The lowest BCUT2D eigenvalue weighted by atomic mass is 9.74. The third-order valence-electron chi connectivity index (χ3n) is 6.26. The van der Waals surface area contributed by atoms with Crippen molar-refractivity contribution in [1.82, 2.24) is 5.32 Å². The SMILES string of the molecule is CCS(=O)(=O)c1ccc(CC(=O)NC2(CC(C)C)CC=C(c3ccccc3)C(Cl)(OC(F)(F)F)C2)cc1. The molecule has 2 aromatic carbocycles. The highest BCUT2D eigenvalue weighted by molar-refractivity contribution is 7.91. The second-order valence-electron chi connectivity index (χ2n) is 9.79. The molecule has 1 N–H and O–H groups in total. The number of rotatable bonds is 9. The smallest absolute Gasteiger partial charge is 0.350 e. The first-order chi connectivity index (χ1) is 17.2. The number of hydrogen-bond acceptors (Lipinski definition) is 4. The highest BCUT2D eigenvalue weighted by Gasteiger charge is 2.52. The molecule has 37 heavy (non-hydrogen) atoms. The minimum atomic E-state index is -5.00. The quantitative estimate of drug-likeness (QED) is 0.369. The Morgan fingerprint density at radius 1 is 1.11 bits per heavy atom. The highest BCUT2D eigenvalue weighted by Crippen LogP contribution is 2.50. The largest absolute Gasteiger partial charge is 0.524 e. The lowest BCUT2D eigenvalue weighted by Crippen LogP contribution is -2.56. The average Bonchev–Trinajstić information content (AvgIpc) is 2.78. The Morgan fingerprint density at radius 3 is 2.27 bits per heavy atom. The van der Waals surface area contributed by atoms with E-state index in [9.17, 15) is 26.4 Å². The van der Waals surface area contributed by atoms with Crippen LogP contribution in [0, 0.1) is 5.92 Å². The van der Waals surface area contributed by atoms with Crippen molar-refractivity contribution in [3.63, 3.8) is 0 Å².